The molecule has 0 amide bonds. The molecule has 1 aliphatic heterocycles. The molecule has 0 aliphatic carbocycles. The second kappa shape index (κ2) is 6.64. The first-order valence-electron chi connectivity index (χ1n) is 8.42. The van der Waals surface area contributed by atoms with Gasteiger partial charge in [0.05, 0.1) is 30.0 Å². The van der Waals surface area contributed by atoms with Gasteiger partial charge in [-0.25, -0.2) is 0 Å². The van der Waals surface area contributed by atoms with Crippen LogP contribution in [0.25, 0.3) is 11.0 Å². The molecule has 2 N–H and O–H groups in total. The Balaban J connectivity index is 1.48. The van der Waals surface area contributed by atoms with Gasteiger partial charge in [-0.05, 0) is 25.0 Å². The van der Waals surface area contributed by atoms with Gasteiger partial charge in [-0.15, -0.1) is 0 Å². The highest BCUT2D eigenvalue weighted by atomic mass is 16.5. The summed E-state index contributed by atoms with van der Waals surface area (Å²) < 4.78 is 7.76. The summed E-state index contributed by atoms with van der Waals surface area (Å²) in [7, 11) is 1.85. The first-order valence-corrected chi connectivity index (χ1v) is 8.42. The zero-order chi connectivity index (χ0) is 17.2. The molecule has 130 valence electrons. The maximum atomic E-state index is 6.08. The molecule has 0 bridgehead atoms. The van der Waals surface area contributed by atoms with Crippen molar-refractivity contribution in [3.63, 3.8) is 0 Å². The molecule has 1 fully saturated rings. The standard InChI is InChI=1S/C17H21N7O/c1-23-16-14(9-20-23)15(18)21-17(22-16)24-8-4-6-13(10-24)25-11-12-5-2-3-7-19-12/h2-3,5,7,9,13H,4,6,8,10-11H2,1H3,(H2,18,21,22). The van der Waals surface area contributed by atoms with E-state index in [4.69, 9.17) is 10.5 Å². The quantitative estimate of drug-likeness (QED) is 0.770. The Morgan fingerprint density at radius 3 is 3.08 bits per heavy atom. The maximum absolute atomic E-state index is 6.08. The Kier molecular flexibility index (Phi) is 4.19. The van der Waals surface area contributed by atoms with Crippen LogP contribution in [-0.2, 0) is 18.4 Å². The average Bonchev–Trinajstić information content (AvgIpc) is 3.03. The summed E-state index contributed by atoms with van der Waals surface area (Å²) in [6.45, 7) is 2.16. The van der Waals surface area contributed by atoms with Gasteiger partial charge in [0.2, 0.25) is 5.95 Å². The van der Waals surface area contributed by atoms with Gasteiger partial charge in [-0.3, -0.25) is 9.67 Å². The predicted octanol–water partition coefficient (Wildman–Crippen LogP) is 1.53. The monoisotopic (exact) mass is 339 g/mol. The lowest BCUT2D eigenvalue weighted by Crippen LogP contribution is -2.40. The summed E-state index contributed by atoms with van der Waals surface area (Å²) >= 11 is 0. The van der Waals surface area contributed by atoms with E-state index in [9.17, 15) is 0 Å². The first kappa shape index (κ1) is 15.8. The fraction of sp³-hybridized carbons (Fsp3) is 0.412. The Hall–Kier alpha value is -2.74. The highest BCUT2D eigenvalue weighted by Gasteiger charge is 2.23. The number of ether oxygens (including phenoxy) is 1. The van der Waals surface area contributed by atoms with E-state index >= 15 is 0 Å². The minimum Gasteiger partial charge on any atom is -0.383 e. The molecule has 0 saturated carbocycles. The van der Waals surface area contributed by atoms with Crippen molar-refractivity contribution < 1.29 is 4.74 Å². The van der Waals surface area contributed by atoms with E-state index in [-0.39, 0.29) is 6.10 Å². The van der Waals surface area contributed by atoms with Crippen LogP contribution in [0, 0.1) is 0 Å². The number of pyridine rings is 1. The molecular weight excluding hydrogens is 318 g/mol. The summed E-state index contributed by atoms with van der Waals surface area (Å²) in [5.41, 5.74) is 7.77. The van der Waals surface area contributed by atoms with Crippen molar-refractivity contribution >= 4 is 22.8 Å². The van der Waals surface area contributed by atoms with E-state index in [1.165, 1.54) is 0 Å². The van der Waals surface area contributed by atoms with Crippen molar-refractivity contribution in [2.45, 2.75) is 25.6 Å². The second-order valence-electron chi connectivity index (χ2n) is 6.26. The molecule has 3 aromatic heterocycles. The maximum Gasteiger partial charge on any atom is 0.229 e. The Morgan fingerprint density at radius 1 is 1.32 bits per heavy atom. The number of aryl methyl sites for hydroxylation is 1. The van der Waals surface area contributed by atoms with E-state index in [0.29, 0.717) is 18.4 Å². The van der Waals surface area contributed by atoms with E-state index in [1.54, 1.807) is 17.1 Å². The fourth-order valence-electron chi connectivity index (χ4n) is 3.12. The first-order chi connectivity index (χ1) is 12.2. The molecule has 25 heavy (non-hydrogen) atoms. The number of hydrogen-bond acceptors (Lipinski definition) is 7. The molecule has 0 radical (unpaired) electrons. The van der Waals surface area contributed by atoms with Gasteiger partial charge >= 0.3 is 0 Å². The van der Waals surface area contributed by atoms with E-state index in [0.717, 1.165) is 42.7 Å². The van der Waals surface area contributed by atoms with Crippen LogP contribution < -0.4 is 10.6 Å². The summed E-state index contributed by atoms with van der Waals surface area (Å²) in [6, 6.07) is 5.85. The molecule has 3 aromatic rings. The minimum atomic E-state index is 0.128. The van der Waals surface area contributed by atoms with Gasteiger partial charge in [-0.2, -0.15) is 15.1 Å². The van der Waals surface area contributed by atoms with Gasteiger partial charge in [0, 0.05) is 26.3 Å². The summed E-state index contributed by atoms with van der Waals surface area (Å²) in [5, 5.41) is 4.99. The van der Waals surface area contributed by atoms with Crippen LogP contribution >= 0.6 is 0 Å². The summed E-state index contributed by atoms with van der Waals surface area (Å²) in [6.07, 6.45) is 5.66. The number of nitrogens with zero attached hydrogens (tertiary/aromatic N) is 6. The molecule has 4 rings (SSSR count). The van der Waals surface area contributed by atoms with Crippen molar-refractivity contribution in [3.8, 4) is 0 Å². The Bertz CT molecular complexity index is 864. The van der Waals surface area contributed by atoms with Crippen molar-refractivity contribution in [3.05, 3.63) is 36.3 Å². The third kappa shape index (κ3) is 3.25. The molecule has 8 heteroatoms. The van der Waals surface area contributed by atoms with Crippen LogP contribution in [0.4, 0.5) is 11.8 Å². The van der Waals surface area contributed by atoms with Gasteiger partial charge in [-0.1, -0.05) is 6.07 Å². The summed E-state index contributed by atoms with van der Waals surface area (Å²) in [5.74, 6) is 1.10. The topological polar surface area (TPSA) is 95.0 Å². The van der Waals surface area contributed by atoms with Crippen LogP contribution in [0.1, 0.15) is 18.5 Å². The lowest BCUT2D eigenvalue weighted by atomic mass is 10.1. The van der Waals surface area contributed by atoms with E-state index in [1.807, 2.05) is 25.2 Å². The highest BCUT2D eigenvalue weighted by Crippen LogP contribution is 2.24. The van der Waals surface area contributed by atoms with Crippen LogP contribution in [0.2, 0.25) is 0 Å². The smallest absolute Gasteiger partial charge is 0.229 e. The molecular formula is C17H21N7O. The van der Waals surface area contributed by atoms with Crippen molar-refractivity contribution in [2.75, 3.05) is 23.7 Å². The predicted molar refractivity (Wildman–Crippen MR) is 95.0 cm³/mol. The van der Waals surface area contributed by atoms with Crippen molar-refractivity contribution in [1.82, 2.24) is 24.7 Å². The normalized spacial score (nSPS) is 18.0. The minimum absolute atomic E-state index is 0.128. The van der Waals surface area contributed by atoms with E-state index in [2.05, 4.69) is 25.0 Å². The summed E-state index contributed by atoms with van der Waals surface area (Å²) in [4.78, 5) is 15.5. The largest absolute Gasteiger partial charge is 0.383 e. The SMILES string of the molecule is Cn1ncc2c(N)nc(N3CCCC(OCc4ccccn4)C3)nc21. The number of piperidine rings is 1. The molecule has 8 nitrogen and oxygen atoms in total. The number of nitrogens with two attached hydrogens (primary N) is 1. The zero-order valence-electron chi connectivity index (χ0n) is 14.2. The second-order valence-corrected chi connectivity index (χ2v) is 6.26. The Morgan fingerprint density at radius 2 is 2.24 bits per heavy atom. The van der Waals surface area contributed by atoms with Crippen molar-refractivity contribution in [2.24, 2.45) is 7.05 Å². The molecule has 0 spiro atoms. The third-order valence-corrected chi connectivity index (χ3v) is 4.46. The number of anilines is 2. The highest BCUT2D eigenvalue weighted by molar-refractivity contribution is 5.86. The number of aromatic nitrogens is 5. The van der Waals surface area contributed by atoms with E-state index < -0.39 is 0 Å². The molecule has 0 aromatic carbocycles. The average molecular weight is 339 g/mol. The zero-order valence-corrected chi connectivity index (χ0v) is 14.2. The van der Waals surface area contributed by atoms with Gasteiger partial charge in [0.25, 0.3) is 0 Å². The lowest BCUT2D eigenvalue weighted by Gasteiger charge is -2.32. The van der Waals surface area contributed by atoms with Gasteiger partial charge in [0.15, 0.2) is 5.65 Å². The van der Waals surface area contributed by atoms with Crippen LogP contribution in [0.3, 0.4) is 0 Å². The van der Waals surface area contributed by atoms with Crippen molar-refractivity contribution in [1.29, 1.82) is 0 Å². The number of rotatable bonds is 4. The number of fused-ring (bicyclic) bond motifs is 1. The molecule has 1 unspecified atom stereocenters. The fourth-order valence-corrected chi connectivity index (χ4v) is 3.12. The molecule has 4 heterocycles. The van der Waals surface area contributed by atoms with Gasteiger partial charge < -0.3 is 15.4 Å². The third-order valence-electron chi connectivity index (χ3n) is 4.46. The lowest BCUT2D eigenvalue weighted by molar-refractivity contribution is 0.0296. The van der Waals surface area contributed by atoms with Crippen LogP contribution in [0.15, 0.2) is 30.6 Å². The Labute approximate surface area is 145 Å². The molecule has 1 atom stereocenters. The number of nitrogen functional groups attached to an aromatic ring is 1. The molecule has 1 saturated heterocycles. The number of hydrogen-bond donors (Lipinski definition) is 1. The molecule has 1 aliphatic rings. The van der Waals surface area contributed by atoms with Gasteiger partial charge in [0.1, 0.15) is 5.82 Å². The van der Waals surface area contributed by atoms with Crippen LogP contribution in [0.5, 0.6) is 0 Å². The van der Waals surface area contributed by atoms with Crippen LogP contribution in [-0.4, -0.2) is 43.9 Å².